The highest BCUT2D eigenvalue weighted by Crippen LogP contribution is 2.13. The molecule has 0 bridgehead atoms. The summed E-state index contributed by atoms with van der Waals surface area (Å²) >= 11 is 0. The lowest BCUT2D eigenvalue weighted by Crippen LogP contribution is -2.12. The predicted octanol–water partition coefficient (Wildman–Crippen LogP) is 4.17. The number of rotatable bonds is 6. The molecule has 17 heavy (non-hydrogen) atoms. The largest absolute Gasteiger partial charge is 0.381 e. The molecule has 0 aliphatic carbocycles. The summed E-state index contributed by atoms with van der Waals surface area (Å²) in [6.45, 7) is 16.1. The Morgan fingerprint density at radius 2 is 1.53 bits per heavy atom. The third-order valence-electron chi connectivity index (χ3n) is 2.92. The molecule has 0 saturated carbocycles. The highest BCUT2D eigenvalue weighted by atomic mass is 15.1. The van der Waals surface area contributed by atoms with Crippen molar-refractivity contribution in [3.63, 3.8) is 0 Å². The van der Waals surface area contributed by atoms with Gasteiger partial charge >= 0.3 is 0 Å². The van der Waals surface area contributed by atoms with Crippen LogP contribution in [0.5, 0.6) is 0 Å². The van der Waals surface area contributed by atoms with E-state index in [2.05, 4.69) is 36.9 Å². The Hall–Kier alpha value is -1.31. The molecular weight excluding hydrogens is 208 g/mol. The first-order chi connectivity index (χ1) is 7.75. The van der Waals surface area contributed by atoms with E-state index in [1.807, 2.05) is 27.9 Å². The van der Waals surface area contributed by atoms with Crippen LogP contribution >= 0.6 is 0 Å². The van der Waals surface area contributed by atoms with Gasteiger partial charge in [0.05, 0.1) is 0 Å². The molecule has 96 valence electrons. The summed E-state index contributed by atoms with van der Waals surface area (Å²) in [6, 6.07) is 0. The van der Waals surface area contributed by atoms with Gasteiger partial charge in [-0.15, -0.1) is 6.58 Å². The molecule has 0 aromatic rings. The van der Waals surface area contributed by atoms with Crippen LogP contribution < -0.4 is 0 Å². The summed E-state index contributed by atoms with van der Waals surface area (Å²) in [7, 11) is 4.09. The molecule has 0 aliphatic heterocycles. The molecule has 0 saturated heterocycles. The Kier molecular flexibility index (Phi) is 6.55. The molecule has 0 atom stereocenters. The van der Waals surface area contributed by atoms with E-state index in [4.69, 9.17) is 0 Å². The summed E-state index contributed by atoms with van der Waals surface area (Å²) in [6.07, 6.45) is 1.85. The molecule has 0 fully saturated rings. The first-order valence-corrected chi connectivity index (χ1v) is 5.98. The second-order valence-electron chi connectivity index (χ2n) is 4.83. The average molecular weight is 234 g/mol. The van der Waals surface area contributed by atoms with Crippen molar-refractivity contribution in [1.29, 1.82) is 0 Å². The summed E-state index contributed by atoms with van der Waals surface area (Å²) in [4.78, 5) is 6.65. The summed E-state index contributed by atoms with van der Waals surface area (Å²) < 4.78 is 0. The minimum atomic E-state index is 0.890. The minimum Gasteiger partial charge on any atom is -0.381 e. The lowest BCUT2D eigenvalue weighted by Gasteiger charge is -2.16. The van der Waals surface area contributed by atoms with Gasteiger partial charge in [0.15, 0.2) is 0 Å². The molecule has 0 amide bonds. The van der Waals surface area contributed by atoms with E-state index in [0.29, 0.717) is 0 Å². The second-order valence-corrected chi connectivity index (χ2v) is 4.83. The van der Waals surface area contributed by atoms with Crippen molar-refractivity contribution in [3.8, 4) is 0 Å². The second kappa shape index (κ2) is 7.10. The quantitative estimate of drug-likeness (QED) is 0.497. The van der Waals surface area contributed by atoms with Crippen molar-refractivity contribution in [3.05, 3.63) is 35.7 Å². The number of nitrogens with zero attached hydrogens (tertiary/aromatic N) is 2. The van der Waals surface area contributed by atoms with Crippen molar-refractivity contribution in [2.75, 3.05) is 14.1 Å². The lowest BCUT2D eigenvalue weighted by atomic mass is 10.1. The van der Waals surface area contributed by atoms with Gasteiger partial charge in [0.2, 0.25) is 0 Å². The zero-order chi connectivity index (χ0) is 13.6. The van der Waals surface area contributed by atoms with Crippen LogP contribution in [0.1, 0.15) is 40.5 Å². The Morgan fingerprint density at radius 3 is 1.94 bits per heavy atom. The van der Waals surface area contributed by atoms with Crippen LogP contribution in [0.2, 0.25) is 0 Å². The molecule has 0 rings (SSSR count). The summed E-state index contributed by atoms with van der Waals surface area (Å²) in [5, 5.41) is 0. The van der Waals surface area contributed by atoms with Gasteiger partial charge in [0.1, 0.15) is 0 Å². The fourth-order valence-corrected chi connectivity index (χ4v) is 1.33. The first kappa shape index (κ1) is 15.7. The van der Waals surface area contributed by atoms with E-state index >= 15 is 0 Å². The van der Waals surface area contributed by atoms with Gasteiger partial charge < -0.3 is 4.90 Å². The molecule has 2 nitrogen and oxygen atoms in total. The van der Waals surface area contributed by atoms with E-state index in [0.717, 1.165) is 24.3 Å². The van der Waals surface area contributed by atoms with Gasteiger partial charge in [-0.3, -0.25) is 4.99 Å². The highest BCUT2D eigenvalue weighted by molar-refractivity contribution is 5.98. The third-order valence-corrected chi connectivity index (χ3v) is 2.92. The van der Waals surface area contributed by atoms with Crippen molar-refractivity contribution in [2.45, 2.75) is 40.5 Å². The van der Waals surface area contributed by atoms with Gasteiger partial charge in [-0.1, -0.05) is 12.2 Å². The van der Waals surface area contributed by atoms with Crippen LogP contribution in [0.25, 0.3) is 0 Å². The molecule has 0 aliphatic rings. The van der Waals surface area contributed by atoms with Crippen LogP contribution in [0.3, 0.4) is 0 Å². The molecule has 0 N–H and O–H groups in total. The van der Waals surface area contributed by atoms with E-state index in [-0.39, 0.29) is 0 Å². The number of aliphatic imine (C=N–C) groups is 1. The zero-order valence-corrected chi connectivity index (χ0v) is 12.2. The van der Waals surface area contributed by atoms with E-state index in [1.165, 1.54) is 16.8 Å². The van der Waals surface area contributed by atoms with Gasteiger partial charge in [-0.25, -0.2) is 0 Å². The fourth-order valence-electron chi connectivity index (χ4n) is 1.33. The number of hydrogen-bond acceptors (Lipinski definition) is 2. The Balaban J connectivity index is 4.70. The minimum absolute atomic E-state index is 0.890. The molecule has 0 aromatic heterocycles. The maximum Gasteiger partial charge on any atom is 0.0422 e. The number of hydrogen-bond donors (Lipinski definition) is 0. The Labute approximate surface area is 106 Å². The Morgan fingerprint density at radius 1 is 1.00 bits per heavy atom. The average Bonchev–Trinajstić information content (AvgIpc) is 2.23. The van der Waals surface area contributed by atoms with Crippen LogP contribution in [0, 0.1) is 0 Å². The van der Waals surface area contributed by atoms with Crippen LogP contribution in [0.15, 0.2) is 40.7 Å². The zero-order valence-electron chi connectivity index (χ0n) is 12.2. The van der Waals surface area contributed by atoms with Gasteiger partial charge in [-0.2, -0.15) is 0 Å². The highest BCUT2D eigenvalue weighted by Gasteiger charge is 2.03. The predicted molar refractivity (Wildman–Crippen MR) is 78.4 cm³/mol. The topological polar surface area (TPSA) is 15.6 Å². The van der Waals surface area contributed by atoms with Crippen LogP contribution in [-0.4, -0.2) is 24.7 Å². The standard InChI is InChI=1S/C15H26N2/c1-11(2)9-10-12(3)16-14(5)13(4)15(6)17(7)8/h1,3,9-10H2,2,4-8H3/b15-13+,16-14-. The maximum atomic E-state index is 4.55. The fraction of sp³-hybridized carbons (Fsp3) is 0.533. The van der Waals surface area contributed by atoms with Gasteiger partial charge in [0, 0.05) is 31.2 Å². The van der Waals surface area contributed by atoms with E-state index < -0.39 is 0 Å². The molecular formula is C15H26N2. The first-order valence-electron chi connectivity index (χ1n) is 5.98. The van der Waals surface area contributed by atoms with Crippen molar-refractivity contribution >= 4 is 5.71 Å². The number of allylic oxidation sites excluding steroid dienone is 4. The molecule has 0 unspecified atom stereocenters. The summed E-state index contributed by atoms with van der Waals surface area (Å²) in [5.41, 5.74) is 5.60. The lowest BCUT2D eigenvalue weighted by molar-refractivity contribution is 0.510. The SMILES string of the molecule is C=C(C)CCC(=C)/N=C(C)\C(C)=C(/C)N(C)C. The molecule has 0 spiro atoms. The molecule has 0 aromatic carbocycles. The van der Waals surface area contributed by atoms with Crippen LogP contribution in [-0.2, 0) is 0 Å². The van der Waals surface area contributed by atoms with Crippen molar-refractivity contribution in [2.24, 2.45) is 4.99 Å². The van der Waals surface area contributed by atoms with E-state index in [9.17, 15) is 0 Å². The van der Waals surface area contributed by atoms with Crippen molar-refractivity contribution in [1.82, 2.24) is 4.90 Å². The summed E-state index contributed by atoms with van der Waals surface area (Å²) in [5.74, 6) is 0. The maximum absolute atomic E-state index is 4.55. The Bertz CT molecular complexity index is 357. The van der Waals surface area contributed by atoms with E-state index in [1.54, 1.807) is 0 Å². The van der Waals surface area contributed by atoms with Gasteiger partial charge in [0.25, 0.3) is 0 Å². The third kappa shape index (κ3) is 6.10. The van der Waals surface area contributed by atoms with Crippen LogP contribution in [0.4, 0.5) is 0 Å². The molecule has 2 heteroatoms. The smallest absolute Gasteiger partial charge is 0.0422 e. The normalized spacial score (nSPS) is 13.2. The van der Waals surface area contributed by atoms with Gasteiger partial charge in [-0.05, 0) is 46.1 Å². The molecule has 0 heterocycles. The molecule has 0 radical (unpaired) electrons. The van der Waals surface area contributed by atoms with Crippen molar-refractivity contribution < 1.29 is 0 Å². The monoisotopic (exact) mass is 234 g/mol.